The molecule has 1 saturated heterocycles. The number of hydrogen-bond acceptors (Lipinski definition) is 5. The summed E-state index contributed by atoms with van der Waals surface area (Å²) >= 11 is 0. The second-order valence-corrected chi connectivity index (χ2v) is 7.02. The van der Waals surface area contributed by atoms with Crippen LogP contribution in [0.1, 0.15) is 37.4 Å². The number of nitrogens with one attached hydrogen (secondary N) is 1. The third kappa shape index (κ3) is 5.68. The van der Waals surface area contributed by atoms with Crippen LogP contribution in [0.3, 0.4) is 0 Å². The normalized spacial score (nSPS) is 15.6. The van der Waals surface area contributed by atoms with Crippen molar-refractivity contribution in [2.45, 2.75) is 45.4 Å². The zero-order valence-electron chi connectivity index (χ0n) is 16.5. The van der Waals surface area contributed by atoms with Gasteiger partial charge in [-0.3, -0.25) is 9.88 Å². The predicted octanol–water partition coefficient (Wildman–Crippen LogP) is 3.63. The molecule has 1 aromatic carbocycles. The van der Waals surface area contributed by atoms with Crippen LogP contribution < -0.4 is 14.8 Å². The van der Waals surface area contributed by atoms with Crippen LogP contribution in [0.5, 0.6) is 11.5 Å². The molecule has 1 aromatic heterocycles. The number of pyridine rings is 1. The van der Waals surface area contributed by atoms with E-state index in [9.17, 15) is 0 Å². The fourth-order valence-electron chi connectivity index (χ4n) is 3.61. The van der Waals surface area contributed by atoms with Crippen LogP contribution in [0.25, 0.3) is 0 Å². The summed E-state index contributed by atoms with van der Waals surface area (Å²) in [6, 6.07) is 12.5. The molecule has 0 aliphatic carbocycles. The Hall–Kier alpha value is -2.11. The lowest BCUT2D eigenvalue weighted by atomic mass is 10.1. The molecule has 1 fully saturated rings. The standard InChI is InChI=1S/C22H31N3O2/c1-3-20(25-12-6-7-13-25)16-23-15-18-14-21(26-2)9-10-22(18)27-17-19-8-4-5-11-24-19/h4-5,8-11,14,20,23H,3,6-7,12-13,15-17H2,1-2H3. The first-order valence-electron chi connectivity index (χ1n) is 9.94. The number of methoxy groups -OCH3 is 1. The molecule has 3 rings (SSSR count). The first kappa shape index (κ1) is 19.6. The molecule has 27 heavy (non-hydrogen) atoms. The van der Waals surface area contributed by atoms with Gasteiger partial charge >= 0.3 is 0 Å². The minimum Gasteiger partial charge on any atom is -0.497 e. The number of benzene rings is 1. The Balaban J connectivity index is 1.60. The Morgan fingerprint density at radius 3 is 2.74 bits per heavy atom. The highest BCUT2D eigenvalue weighted by Gasteiger charge is 2.20. The van der Waals surface area contributed by atoms with E-state index in [0.29, 0.717) is 12.6 Å². The summed E-state index contributed by atoms with van der Waals surface area (Å²) in [6.45, 7) is 6.96. The van der Waals surface area contributed by atoms with E-state index >= 15 is 0 Å². The molecule has 5 nitrogen and oxygen atoms in total. The highest BCUT2D eigenvalue weighted by Crippen LogP contribution is 2.25. The molecule has 1 atom stereocenters. The van der Waals surface area contributed by atoms with E-state index in [1.165, 1.54) is 32.4 Å². The Labute approximate surface area is 162 Å². The molecule has 1 aliphatic heterocycles. The van der Waals surface area contributed by atoms with Gasteiger partial charge in [0.15, 0.2) is 0 Å². The minimum atomic E-state index is 0.464. The smallest absolute Gasteiger partial charge is 0.130 e. The molecule has 1 N–H and O–H groups in total. The van der Waals surface area contributed by atoms with Gasteiger partial charge in [0.05, 0.1) is 12.8 Å². The summed E-state index contributed by atoms with van der Waals surface area (Å²) in [5, 5.41) is 3.63. The third-order valence-corrected chi connectivity index (χ3v) is 5.19. The lowest BCUT2D eigenvalue weighted by molar-refractivity contribution is 0.229. The van der Waals surface area contributed by atoms with E-state index in [-0.39, 0.29) is 0 Å². The maximum atomic E-state index is 6.04. The molecule has 0 spiro atoms. The quantitative estimate of drug-likeness (QED) is 0.693. The number of hydrogen-bond donors (Lipinski definition) is 1. The van der Waals surface area contributed by atoms with Crippen molar-refractivity contribution in [3.05, 3.63) is 53.9 Å². The topological polar surface area (TPSA) is 46.6 Å². The molecular formula is C22H31N3O2. The summed E-state index contributed by atoms with van der Waals surface area (Å²) < 4.78 is 11.4. The Morgan fingerprint density at radius 1 is 1.19 bits per heavy atom. The van der Waals surface area contributed by atoms with Gasteiger partial charge in [-0.25, -0.2) is 0 Å². The molecule has 0 bridgehead atoms. The van der Waals surface area contributed by atoms with Crippen LogP contribution in [0, 0.1) is 0 Å². The molecule has 1 aliphatic rings. The minimum absolute atomic E-state index is 0.464. The van der Waals surface area contributed by atoms with Gasteiger partial charge in [-0.1, -0.05) is 13.0 Å². The number of nitrogens with zero attached hydrogens (tertiary/aromatic N) is 2. The molecule has 5 heteroatoms. The van der Waals surface area contributed by atoms with Crippen molar-refractivity contribution in [3.63, 3.8) is 0 Å². The van der Waals surface area contributed by atoms with E-state index in [4.69, 9.17) is 9.47 Å². The second-order valence-electron chi connectivity index (χ2n) is 7.02. The van der Waals surface area contributed by atoms with E-state index in [2.05, 4.69) is 28.2 Å². The monoisotopic (exact) mass is 369 g/mol. The molecular weight excluding hydrogens is 338 g/mol. The third-order valence-electron chi connectivity index (χ3n) is 5.19. The maximum Gasteiger partial charge on any atom is 0.130 e. The van der Waals surface area contributed by atoms with Gasteiger partial charge in [0.25, 0.3) is 0 Å². The van der Waals surface area contributed by atoms with Crippen molar-refractivity contribution in [1.29, 1.82) is 0 Å². The predicted molar refractivity (Wildman–Crippen MR) is 108 cm³/mol. The van der Waals surface area contributed by atoms with Gasteiger partial charge in [0.2, 0.25) is 0 Å². The number of rotatable bonds is 10. The first-order chi connectivity index (χ1) is 13.3. The summed E-state index contributed by atoms with van der Waals surface area (Å²) in [4.78, 5) is 6.94. The van der Waals surface area contributed by atoms with Crippen molar-refractivity contribution in [1.82, 2.24) is 15.2 Å². The van der Waals surface area contributed by atoms with Crippen molar-refractivity contribution >= 4 is 0 Å². The first-order valence-corrected chi connectivity index (χ1v) is 9.94. The van der Waals surface area contributed by atoms with Gasteiger partial charge in [0, 0.05) is 30.9 Å². The number of aromatic nitrogens is 1. The highest BCUT2D eigenvalue weighted by atomic mass is 16.5. The lowest BCUT2D eigenvalue weighted by Crippen LogP contribution is -2.40. The van der Waals surface area contributed by atoms with Gasteiger partial charge < -0.3 is 14.8 Å². The maximum absolute atomic E-state index is 6.04. The molecule has 146 valence electrons. The fourth-order valence-corrected chi connectivity index (χ4v) is 3.61. The van der Waals surface area contributed by atoms with Crippen LogP contribution in [0.15, 0.2) is 42.6 Å². The van der Waals surface area contributed by atoms with E-state index in [1.807, 2.05) is 30.3 Å². The van der Waals surface area contributed by atoms with E-state index in [0.717, 1.165) is 35.8 Å². The fraction of sp³-hybridized carbons (Fsp3) is 0.500. The summed E-state index contributed by atoms with van der Waals surface area (Å²) in [6.07, 6.45) is 5.63. The van der Waals surface area contributed by atoms with Gasteiger partial charge in [-0.05, 0) is 62.7 Å². The van der Waals surface area contributed by atoms with Crippen molar-refractivity contribution in [3.8, 4) is 11.5 Å². The van der Waals surface area contributed by atoms with Gasteiger partial charge in [0.1, 0.15) is 18.1 Å². The zero-order valence-corrected chi connectivity index (χ0v) is 16.5. The SMILES string of the molecule is CCC(CNCc1cc(OC)ccc1OCc1ccccn1)N1CCCC1. The van der Waals surface area contributed by atoms with E-state index in [1.54, 1.807) is 13.3 Å². The molecule has 2 heterocycles. The van der Waals surface area contributed by atoms with Crippen molar-refractivity contribution < 1.29 is 9.47 Å². The second kappa shape index (κ2) is 10.3. The summed E-state index contributed by atoms with van der Waals surface area (Å²) in [7, 11) is 1.70. The van der Waals surface area contributed by atoms with Crippen molar-refractivity contribution in [2.75, 3.05) is 26.7 Å². The Kier molecular flexibility index (Phi) is 7.48. The van der Waals surface area contributed by atoms with Gasteiger partial charge in [-0.15, -0.1) is 0 Å². The van der Waals surface area contributed by atoms with E-state index < -0.39 is 0 Å². The molecule has 0 radical (unpaired) electrons. The van der Waals surface area contributed by atoms with Gasteiger partial charge in [-0.2, -0.15) is 0 Å². The highest BCUT2D eigenvalue weighted by molar-refractivity contribution is 5.40. The average Bonchev–Trinajstić information content (AvgIpc) is 3.25. The Bertz CT molecular complexity index is 687. The molecule has 1 unspecified atom stereocenters. The summed E-state index contributed by atoms with van der Waals surface area (Å²) in [5.41, 5.74) is 2.04. The number of ether oxygens (including phenoxy) is 2. The van der Waals surface area contributed by atoms with Crippen LogP contribution in [-0.4, -0.2) is 42.7 Å². The van der Waals surface area contributed by atoms with Crippen molar-refractivity contribution in [2.24, 2.45) is 0 Å². The summed E-state index contributed by atoms with van der Waals surface area (Å²) in [5.74, 6) is 1.73. The largest absolute Gasteiger partial charge is 0.497 e. The van der Waals surface area contributed by atoms with Crippen LogP contribution in [-0.2, 0) is 13.2 Å². The molecule has 2 aromatic rings. The molecule has 0 amide bonds. The van der Waals surface area contributed by atoms with Crippen LogP contribution in [0.2, 0.25) is 0 Å². The zero-order chi connectivity index (χ0) is 18.9. The Morgan fingerprint density at radius 2 is 2.04 bits per heavy atom. The average molecular weight is 370 g/mol. The molecule has 0 saturated carbocycles. The van der Waals surface area contributed by atoms with Crippen LogP contribution >= 0.6 is 0 Å². The lowest BCUT2D eigenvalue weighted by Gasteiger charge is -2.26. The van der Waals surface area contributed by atoms with Crippen LogP contribution in [0.4, 0.5) is 0 Å². The number of likely N-dealkylation sites (tertiary alicyclic amines) is 1.